The van der Waals surface area contributed by atoms with E-state index in [1.54, 1.807) is 4.90 Å². The molecule has 3 aromatic rings. The fourth-order valence-electron chi connectivity index (χ4n) is 4.82. The Morgan fingerprint density at radius 3 is 2.52 bits per heavy atom. The predicted molar refractivity (Wildman–Crippen MR) is 127 cm³/mol. The van der Waals surface area contributed by atoms with Crippen LogP contribution < -0.4 is 5.32 Å². The molecule has 33 heavy (non-hydrogen) atoms. The molecular formula is C26H26N4O3. The number of hydrogen-bond acceptors (Lipinski definition) is 4. The Kier molecular flexibility index (Phi) is 5.79. The molecule has 2 amide bonds. The van der Waals surface area contributed by atoms with E-state index in [1.165, 1.54) is 0 Å². The van der Waals surface area contributed by atoms with Gasteiger partial charge in [0.2, 0.25) is 0 Å². The number of carbonyl (C=O) groups is 2. The summed E-state index contributed by atoms with van der Waals surface area (Å²) in [4.78, 5) is 33.6. The van der Waals surface area contributed by atoms with Crippen molar-refractivity contribution in [3.63, 3.8) is 0 Å². The van der Waals surface area contributed by atoms with Gasteiger partial charge < -0.3 is 10.4 Å². The normalized spacial score (nSPS) is 17.3. The standard InChI is InChI=1S/C26H26N4O3/c31-25(32)23-20-9-4-5-10-22(20)28-24(18-7-2-1-3-8-18)21(23)17-29-15-11-19(12-16-29)30-14-6-13-27-26(30)33/h1-10,14,19H,11-13,15-17H2,(H,27,33)(H,31,32). The maximum atomic E-state index is 12.5. The molecule has 1 saturated heterocycles. The average Bonchev–Trinajstić information content (AvgIpc) is 2.85. The number of hydrogen-bond donors (Lipinski definition) is 2. The fraction of sp³-hybridized carbons (Fsp3) is 0.269. The minimum absolute atomic E-state index is 0.0470. The molecule has 2 aliphatic rings. The molecule has 1 aromatic heterocycles. The van der Waals surface area contributed by atoms with Crippen molar-refractivity contribution in [2.24, 2.45) is 0 Å². The van der Waals surface area contributed by atoms with E-state index in [1.807, 2.05) is 66.9 Å². The monoisotopic (exact) mass is 442 g/mol. The smallest absolute Gasteiger partial charge is 0.336 e. The van der Waals surface area contributed by atoms with Crippen LogP contribution in [-0.4, -0.2) is 57.6 Å². The van der Waals surface area contributed by atoms with E-state index in [0.29, 0.717) is 35.2 Å². The molecule has 2 aromatic carbocycles. The van der Waals surface area contributed by atoms with Gasteiger partial charge in [-0.05, 0) is 25.0 Å². The molecule has 0 spiro atoms. The van der Waals surface area contributed by atoms with Gasteiger partial charge in [0.1, 0.15) is 0 Å². The van der Waals surface area contributed by atoms with Crippen LogP contribution >= 0.6 is 0 Å². The Balaban J connectivity index is 1.48. The first kappa shape index (κ1) is 21.2. The molecule has 0 unspecified atom stereocenters. The number of nitrogens with zero attached hydrogens (tertiary/aromatic N) is 3. The first-order chi connectivity index (χ1) is 16.1. The van der Waals surface area contributed by atoms with Crippen molar-refractivity contribution in [2.75, 3.05) is 19.6 Å². The van der Waals surface area contributed by atoms with Crippen LogP contribution in [0.2, 0.25) is 0 Å². The van der Waals surface area contributed by atoms with E-state index < -0.39 is 5.97 Å². The topological polar surface area (TPSA) is 85.8 Å². The van der Waals surface area contributed by atoms with Crippen LogP contribution in [0.4, 0.5) is 4.79 Å². The highest BCUT2D eigenvalue weighted by Crippen LogP contribution is 2.32. The molecule has 2 aliphatic heterocycles. The average molecular weight is 443 g/mol. The summed E-state index contributed by atoms with van der Waals surface area (Å²) in [6.07, 6.45) is 5.51. The summed E-state index contributed by atoms with van der Waals surface area (Å²) in [6.45, 7) is 2.63. The second-order valence-electron chi connectivity index (χ2n) is 8.49. The Labute approximate surface area is 192 Å². The minimum atomic E-state index is -0.939. The zero-order valence-electron chi connectivity index (χ0n) is 18.3. The third-order valence-electron chi connectivity index (χ3n) is 6.46. The van der Waals surface area contributed by atoms with Gasteiger partial charge in [0.15, 0.2) is 0 Å². The third-order valence-corrected chi connectivity index (χ3v) is 6.46. The van der Waals surface area contributed by atoms with Crippen LogP contribution in [-0.2, 0) is 6.54 Å². The maximum Gasteiger partial charge on any atom is 0.336 e. The first-order valence-corrected chi connectivity index (χ1v) is 11.3. The summed E-state index contributed by atoms with van der Waals surface area (Å²) in [7, 11) is 0. The maximum absolute atomic E-state index is 12.5. The highest BCUT2D eigenvalue weighted by atomic mass is 16.4. The lowest BCUT2D eigenvalue weighted by atomic mass is 9.95. The number of pyridine rings is 1. The zero-order chi connectivity index (χ0) is 22.8. The van der Waals surface area contributed by atoms with Crippen LogP contribution in [0, 0.1) is 0 Å². The van der Waals surface area contributed by atoms with Crippen molar-refractivity contribution < 1.29 is 14.7 Å². The lowest BCUT2D eigenvalue weighted by Crippen LogP contribution is -2.49. The number of piperidine rings is 1. The Bertz CT molecular complexity index is 1220. The summed E-state index contributed by atoms with van der Waals surface area (Å²) < 4.78 is 0. The molecule has 1 fully saturated rings. The van der Waals surface area contributed by atoms with Crippen molar-refractivity contribution in [3.05, 3.63) is 78.0 Å². The van der Waals surface area contributed by atoms with Gasteiger partial charge >= 0.3 is 12.0 Å². The number of likely N-dealkylation sites (tertiary alicyclic amines) is 1. The lowest BCUT2D eigenvalue weighted by molar-refractivity contribution is 0.0695. The van der Waals surface area contributed by atoms with Crippen molar-refractivity contribution in [3.8, 4) is 11.3 Å². The van der Waals surface area contributed by atoms with E-state index in [9.17, 15) is 14.7 Å². The van der Waals surface area contributed by atoms with E-state index in [4.69, 9.17) is 4.98 Å². The number of aromatic nitrogens is 1. The zero-order valence-corrected chi connectivity index (χ0v) is 18.3. The summed E-state index contributed by atoms with van der Waals surface area (Å²) in [5, 5.41) is 13.7. The van der Waals surface area contributed by atoms with Crippen LogP contribution in [0.5, 0.6) is 0 Å². The van der Waals surface area contributed by atoms with Gasteiger partial charge in [-0.2, -0.15) is 0 Å². The molecule has 0 saturated carbocycles. The molecule has 2 N–H and O–H groups in total. The van der Waals surface area contributed by atoms with Gasteiger partial charge in [0.05, 0.1) is 16.8 Å². The number of fused-ring (bicyclic) bond motifs is 1. The van der Waals surface area contributed by atoms with E-state index in [-0.39, 0.29) is 12.1 Å². The van der Waals surface area contributed by atoms with Gasteiger partial charge in [-0.25, -0.2) is 14.6 Å². The number of carboxylic acids is 1. The van der Waals surface area contributed by atoms with Crippen LogP contribution in [0.1, 0.15) is 28.8 Å². The van der Waals surface area contributed by atoms with Crippen LogP contribution in [0.3, 0.4) is 0 Å². The van der Waals surface area contributed by atoms with Crippen molar-refractivity contribution >= 4 is 22.9 Å². The number of urea groups is 1. The van der Waals surface area contributed by atoms with E-state index in [2.05, 4.69) is 10.2 Å². The largest absolute Gasteiger partial charge is 0.478 e. The highest BCUT2D eigenvalue weighted by molar-refractivity contribution is 6.05. The second-order valence-corrected chi connectivity index (χ2v) is 8.49. The predicted octanol–water partition coefficient (Wildman–Crippen LogP) is 4.10. The quantitative estimate of drug-likeness (QED) is 0.621. The summed E-state index contributed by atoms with van der Waals surface area (Å²) >= 11 is 0. The molecule has 3 heterocycles. The summed E-state index contributed by atoms with van der Waals surface area (Å²) in [5.41, 5.74) is 3.36. The number of carboxylic acid groups (broad SMARTS) is 1. The summed E-state index contributed by atoms with van der Waals surface area (Å²) in [5.74, 6) is -0.939. The molecule has 0 radical (unpaired) electrons. The first-order valence-electron chi connectivity index (χ1n) is 11.3. The van der Waals surface area contributed by atoms with Crippen LogP contribution in [0.15, 0.2) is 66.9 Å². The molecule has 0 bridgehead atoms. The van der Waals surface area contributed by atoms with Crippen molar-refractivity contribution in [1.29, 1.82) is 0 Å². The molecule has 0 atom stereocenters. The number of rotatable bonds is 5. The van der Waals surface area contributed by atoms with E-state index in [0.717, 1.165) is 37.1 Å². The second kappa shape index (κ2) is 9.03. The van der Waals surface area contributed by atoms with Crippen LogP contribution in [0.25, 0.3) is 22.2 Å². The SMILES string of the molecule is O=C(O)c1c(CN2CCC(N3C=CCNC3=O)CC2)c(-c2ccccc2)nc2ccccc12. The number of benzene rings is 2. The number of nitrogens with one attached hydrogen (secondary N) is 1. The van der Waals surface area contributed by atoms with Gasteiger partial charge in [-0.1, -0.05) is 48.5 Å². The Hall–Kier alpha value is -3.71. The van der Waals surface area contributed by atoms with Gasteiger partial charge in [-0.15, -0.1) is 0 Å². The van der Waals surface area contributed by atoms with E-state index >= 15 is 0 Å². The number of para-hydroxylation sites is 1. The Morgan fingerprint density at radius 1 is 1.06 bits per heavy atom. The molecule has 5 rings (SSSR count). The number of carbonyl (C=O) groups excluding carboxylic acids is 1. The van der Waals surface area contributed by atoms with Gasteiger partial charge in [0, 0.05) is 54.9 Å². The number of aromatic carboxylic acids is 1. The summed E-state index contributed by atoms with van der Waals surface area (Å²) in [6, 6.07) is 17.3. The molecule has 7 heteroatoms. The molecule has 7 nitrogen and oxygen atoms in total. The number of amides is 2. The van der Waals surface area contributed by atoms with Gasteiger partial charge in [-0.3, -0.25) is 9.80 Å². The Morgan fingerprint density at radius 2 is 1.79 bits per heavy atom. The minimum Gasteiger partial charge on any atom is -0.478 e. The fourth-order valence-corrected chi connectivity index (χ4v) is 4.82. The highest BCUT2D eigenvalue weighted by Gasteiger charge is 2.29. The van der Waals surface area contributed by atoms with Gasteiger partial charge in [0.25, 0.3) is 0 Å². The molecule has 0 aliphatic carbocycles. The van der Waals surface area contributed by atoms with Crippen molar-refractivity contribution in [1.82, 2.24) is 20.1 Å². The lowest BCUT2D eigenvalue weighted by Gasteiger charge is -2.38. The van der Waals surface area contributed by atoms with Crippen molar-refractivity contribution in [2.45, 2.75) is 25.4 Å². The third kappa shape index (κ3) is 4.19. The molecule has 168 valence electrons. The molecular weight excluding hydrogens is 416 g/mol.